The summed E-state index contributed by atoms with van der Waals surface area (Å²) in [6, 6.07) is 37.5. The number of hydrogen-bond donors (Lipinski definition) is 0. The summed E-state index contributed by atoms with van der Waals surface area (Å²) >= 11 is 0. The smallest absolute Gasteiger partial charge is 0.297 e. The van der Waals surface area contributed by atoms with E-state index in [2.05, 4.69) is 197 Å². The molecule has 8 rings (SSSR count). The first-order valence-corrected chi connectivity index (χ1v) is 20.0. The fraction of sp³-hybridized carbons (Fsp3) is 0.360. The van der Waals surface area contributed by atoms with Crippen LogP contribution in [0.5, 0.6) is 0 Å². The molecule has 2 aliphatic heterocycles. The van der Waals surface area contributed by atoms with Gasteiger partial charge in [0.25, 0.3) is 6.71 Å². The van der Waals surface area contributed by atoms with Crippen LogP contribution in [0.1, 0.15) is 130 Å². The molecule has 0 unspecified atom stereocenters. The first kappa shape index (κ1) is 36.3. The number of anilines is 6. The zero-order valence-electron chi connectivity index (χ0n) is 34.8. The third-order valence-corrected chi connectivity index (χ3v) is 11.9. The number of fused-ring (bicyclic) bond motifs is 6. The molecular weight excluding hydrogens is 655 g/mol. The maximum absolute atomic E-state index is 7.20. The molecule has 3 heterocycles. The predicted octanol–water partition coefficient (Wildman–Crippen LogP) is 12.7. The Bertz CT molecular complexity index is 2390. The van der Waals surface area contributed by atoms with Gasteiger partial charge in [-0.15, -0.1) is 0 Å². The maximum atomic E-state index is 7.20. The number of benzene rings is 5. The number of nitrogens with zero attached hydrogens (tertiary/aromatic N) is 2. The minimum absolute atomic E-state index is 0.00630. The minimum Gasteiger partial charge on any atom is -0.468 e. The minimum atomic E-state index is -0.0902. The fourth-order valence-electron chi connectivity index (χ4n) is 8.41. The van der Waals surface area contributed by atoms with Crippen LogP contribution in [0.4, 0.5) is 34.1 Å². The molecule has 0 spiro atoms. The maximum Gasteiger partial charge on any atom is 0.297 e. The summed E-state index contributed by atoms with van der Waals surface area (Å²) in [7, 11) is 0. The summed E-state index contributed by atoms with van der Waals surface area (Å²) in [6.07, 6.45) is 0. The molecule has 5 aromatic carbocycles. The van der Waals surface area contributed by atoms with Gasteiger partial charge < -0.3 is 14.2 Å². The quantitative estimate of drug-likeness (QED) is 0.169. The zero-order chi connectivity index (χ0) is 38.6. The number of rotatable bonds is 4. The molecule has 0 aliphatic carbocycles. The second-order valence-corrected chi connectivity index (χ2v) is 19.6. The van der Waals surface area contributed by atoms with E-state index in [0.29, 0.717) is 11.8 Å². The van der Waals surface area contributed by atoms with E-state index in [4.69, 9.17) is 4.42 Å². The van der Waals surface area contributed by atoms with Gasteiger partial charge in [0.2, 0.25) is 0 Å². The molecule has 3 nitrogen and oxygen atoms in total. The van der Waals surface area contributed by atoms with E-state index in [0.717, 1.165) is 22.6 Å². The largest absolute Gasteiger partial charge is 0.468 e. The summed E-state index contributed by atoms with van der Waals surface area (Å²) in [5.74, 6) is 0.911. The van der Waals surface area contributed by atoms with Crippen molar-refractivity contribution in [3.63, 3.8) is 0 Å². The van der Waals surface area contributed by atoms with Gasteiger partial charge in [0.15, 0.2) is 0 Å². The Morgan fingerprint density at radius 2 is 0.963 bits per heavy atom. The normalized spacial score (nSPS) is 14.2. The Kier molecular flexibility index (Phi) is 8.34. The molecule has 1 aromatic heterocycles. The fourth-order valence-corrected chi connectivity index (χ4v) is 8.41. The zero-order valence-corrected chi connectivity index (χ0v) is 34.8. The van der Waals surface area contributed by atoms with E-state index in [1.807, 2.05) is 0 Å². The average Bonchev–Trinajstić information content (AvgIpc) is 3.48. The van der Waals surface area contributed by atoms with Crippen LogP contribution in [0.2, 0.25) is 0 Å². The molecule has 6 aromatic rings. The molecule has 0 radical (unpaired) electrons. The Balaban J connectivity index is 1.52. The molecule has 0 saturated heterocycles. The highest BCUT2D eigenvalue weighted by Crippen LogP contribution is 2.49. The van der Waals surface area contributed by atoms with Crippen molar-refractivity contribution in [3.05, 3.63) is 125 Å². The van der Waals surface area contributed by atoms with Crippen LogP contribution < -0.4 is 26.4 Å². The third kappa shape index (κ3) is 5.88. The second-order valence-electron chi connectivity index (χ2n) is 19.6. The average molecular weight is 713 g/mol. The van der Waals surface area contributed by atoms with Gasteiger partial charge in [0, 0.05) is 33.8 Å². The Morgan fingerprint density at radius 1 is 0.500 bits per heavy atom. The first-order chi connectivity index (χ1) is 25.3. The van der Waals surface area contributed by atoms with E-state index in [1.54, 1.807) is 0 Å². The van der Waals surface area contributed by atoms with Crippen LogP contribution in [0.15, 0.2) is 101 Å². The summed E-state index contributed by atoms with van der Waals surface area (Å²) in [6.45, 7) is 29.9. The second kappa shape index (κ2) is 12.4. The molecule has 4 heteroatoms. The Morgan fingerprint density at radius 3 is 1.48 bits per heavy atom. The van der Waals surface area contributed by atoms with E-state index in [1.165, 1.54) is 66.9 Å². The standard InChI is InChI=1S/C50H57BN2O/c1-30(2)32-14-20-37(21-15-32)52-41-27-35(49(8,9)10)18-24-40(41)51-45-42(52)28-36(50(11,12)13)29-43(45)53(38-22-16-33(17-23-38)31(3)4)46-39-26-34(48(5,6)7)19-25-44(39)54-47(46)51/h14-31H,1-13H3. The monoisotopic (exact) mass is 712 g/mol. The molecule has 0 N–H and O–H groups in total. The number of furan rings is 1. The van der Waals surface area contributed by atoms with Crippen molar-refractivity contribution >= 4 is 68.4 Å². The van der Waals surface area contributed by atoms with Gasteiger partial charge in [0.05, 0.1) is 11.3 Å². The van der Waals surface area contributed by atoms with Gasteiger partial charge in [0.1, 0.15) is 5.58 Å². The van der Waals surface area contributed by atoms with Crippen molar-refractivity contribution < 1.29 is 4.42 Å². The Hall–Kier alpha value is -4.70. The highest BCUT2D eigenvalue weighted by molar-refractivity contribution is 7.00. The SMILES string of the molecule is CC(C)c1ccc(N2c3cc(C(C)(C)C)ccc3B3c4oc5ccc(C(C)(C)C)cc5c4N(c4ccc(C(C)C)cc4)c4cc(C(C)(C)C)cc2c43)cc1. The van der Waals surface area contributed by atoms with Crippen molar-refractivity contribution in [2.75, 3.05) is 9.80 Å². The lowest BCUT2D eigenvalue weighted by atomic mass is 9.35. The van der Waals surface area contributed by atoms with Crippen molar-refractivity contribution in [3.8, 4) is 0 Å². The van der Waals surface area contributed by atoms with E-state index < -0.39 is 0 Å². The van der Waals surface area contributed by atoms with Crippen molar-refractivity contribution in [1.29, 1.82) is 0 Å². The van der Waals surface area contributed by atoms with Crippen molar-refractivity contribution in [2.45, 2.75) is 118 Å². The van der Waals surface area contributed by atoms with Gasteiger partial charge in [-0.3, -0.25) is 0 Å². The van der Waals surface area contributed by atoms with E-state index in [9.17, 15) is 0 Å². The lowest BCUT2D eigenvalue weighted by Crippen LogP contribution is -2.61. The summed E-state index contributed by atoms with van der Waals surface area (Å²) < 4.78 is 7.20. The lowest BCUT2D eigenvalue weighted by Gasteiger charge is -2.44. The molecular formula is C50H57BN2O. The lowest BCUT2D eigenvalue weighted by molar-refractivity contribution is 0.590. The van der Waals surface area contributed by atoms with Crippen LogP contribution >= 0.6 is 0 Å². The van der Waals surface area contributed by atoms with Gasteiger partial charge >= 0.3 is 0 Å². The predicted molar refractivity (Wildman–Crippen MR) is 235 cm³/mol. The molecule has 0 fully saturated rings. The van der Waals surface area contributed by atoms with Gasteiger partial charge in [-0.2, -0.15) is 0 Å². The molecule has 276 valence electrons. The molecule has 0 saturated carbocycles. The van der Waals surface area contributed by atoms with E-state index in [-0.39, 0.29) is 23.0 Å². The first-order valence-electron chi connectivity index (χ1n) is 20.0. The summed E-state index contributed by atoms with van der Waals surface area (Å²) in [5.41, 5.74) is 18.2. The summed E-state index contributed by atoms with van der Waals surface area (Å²) in [4.78, 5) is 5.07. The van der Waals surface area contributed by atoms with E-state index >= 15 is 0 Å². The third-order valence-electron chi connectivity index (χ3n) is 11.9. The molecule has 2 aliphatic rings. The molecule has 54 heavy (non-hydrogen) atoms. The van der Waals surface area contributed by atoms with Crippen LogP contribution in [0, 0.1) is 0 Å². The highest BCUT2D eigenvalue weighted by atomic mass is 16.3. The molecule has 0 bridgehead atoms. The van der Waals surface area contributed by atoms with Gasteiger partial charge in [-0.1, -0.05) is 132 Å². The molecule has 0 amide bonds. The van der Waals surface area contributed by atoms with Crippen LogP contribution in [-0.4, -0.2) is 6.71 Å². The topological polar surface area (TPSA) is 19.6 Å². The van der Waals surface area contributed by atoms with Gasteiger partial charge in [-0.05, 0) is 121 Å². The van der Waals surface area contributed by atoms with Crippen LogP contribution in [0.25, 0.3) is 11.0 Å². The van der Waals surface area contributed by atoms with Crippen molar-refractivity contribution in [1.82, 2.24) is 0 Å². The van der Waals surface area contributed by atoms with Crippen LogP contribution in [0.3, 0.4) is 0 Å². The highest BCUT2D eigenvalue weighted by Gasteiger charge is 2.47. The van der Waals surface area contributed by atoms with Crippen LogP contribution in [-0.2, 0) is 16.2 Å². The van der Waals surface area contributed by atoms with Crippen molar-refractivity contribution in [2.24, 2.45) is 0 Å². The Labute approximate surface area is 324 Å². The molecule has 0 atom stereocenters. The number of hydrogen-bond acceptors (Lipinski definition) is 3. The van der Waals surface area contributed by atoms with Gasteiger partial charge in [-0.25, -0.2) is 0 Å². The summed E-state index contributed by atoms with van der Waals surface area (Å²) in [5, 5.41) is 1.17.